The third-order valence-electron chi connectivity index (χ3n) is 4.34. The van der Waals surface area contributed by atoms with Crippen molar-refractivity contribution in [1.82, 2.24) is 0 Å². The van der Waals surface area contributed by atoms with Gasteiger partial charge >= 0.3 is 0 Å². The Bertz CT molecular complexity index is 524. The molecule has 1 N–H and O–H groups in total. The summed E-state index contributed by atoms with van der Waals surface area (Å²) in [5.41, 5.74) is 3.13. The first-order valence-corrected chi connectivity index (χ1v) is 9.65. The second-order valence-corrected chi connectivity index (χ2v) is 8.22. The van der Waals surface area contributed by atoms with Gasteiger partial charge in [0.2, 0.25) is 0 Å². The van der Waals surface area contributed by atoms with Crippen molar-refractivity contribution in [1.29, 1.82) is 0 Å². The molecule has 1 rings (SSSR count). The van der Waals surface area contributed by atoms with Gasteiger partial charge in [-0.05, 0) is 43.7 Å². The zero-order chi connectivity index (χ0) is 18.2. The quantitative estimate of drug-likeness (QED) is 0.411. The largest absolute Gasteiger partial charge is 0.507 e. The van der Waals surface area contributed by atoms with Gasteiger partial charge in [0.15, 0.2) is 0 Å². The second-order valence-electron chi connectivity index (χ2n) is 8.22. The average Bonchev–Trinajstić information content (AvgIpc) is 2.49. The minimum absolute atomic E-state index is 0.0678. The fraction of sp³-hybridized carbons (Fsp3) is 0.682. The first-order chi connectivity index (χ1) is 11.3. The predicted molar refractivity (Wildman–Crippen MR) is 107 cm³/mol. The van der Waals surface area contributed by atoms with Crippen molar-refractivity contribution >= 4 is 6.21 Å². The molecule has 0 aliphatic heterocycles. The van der Waals surface area contributed by atoms with E-state index in [4.69, 9.17) is 0 Å². The summed E-state index contributed by atoms with van der Waals surface area (Å²) in [4.78, 5) is 4.47. The molecule has 0 aromatic heterocycles. The Morgan fingerprint density at radius 2 is 1.67 bits per heavy atom. The maximum atomic E-state index is 10.6. The van der Waals surface area contributed by atoms with Gasteiger partial charge in [-0.2, -0.15) is 0 Å². The molecule has 0 unspecified atom stereocenters. The minimum Gasteiger partial charge on any atom is -0.507 e. The molecular formula is C22H37NO. The third kappa shape index (κ3) is 7.07. The van der Waals surface area contributed by atoms with Crippen LogP contribution in [0.3, 0.4) is 0 Å². The number of phenolic OH excluding ortho intramolecular Hbond substituents is 1. The Labute approximate surface area is 149 Å². The summed E-state index contributed by atoms with van der Waals surface area (Å²) in [6.07, 6.45) is 10.8. The monoisotopic (exact) mass is 331 g/mol. The molecule has 0 heterocycles. The lowest BCUT2D eigenvalue weighted by atomic mass is 9.83. The van der Waals surface area contributed by atoms with E-state index in [1.807, 2.05) is 6.21 Å². The van der Waals surface area contributed by atoms with Gasteiger partial charge in [0.25, 0.3) is 0 Å². The van der Waals surface area contributed by atoms with E-state index in [0.717, 1.165) is 17.5 Å². The van der Waals surface area contributed by atoms with E-state index in [1.165, 1.54) is 44.1 Å². The number of nitrogens with zero attached hydrogens (tertiary/aromatic N) is 1. The Morgan fingerprint density at radius 3 is 2.25 bits per heavy atom. The summed E-state index contributed by atoms with van der Waals surface area (Å²) in [6, 6.07) is 4.54. The lowest BCUT2D eigenvalue weighted by Gasteiger charge is -2.23. The molecule has 1 aromatic rings. The molecule has 0 saturated carbocycles. The van der Waals surface area contributed by atoms with Gasteiger partial charge in [-0.15, -0.1) is 0 Å². The average molecular weight is 332 g/mol. The molecule has 0 amide bonds. The Kier molecular flexibility index (Phi) is 8.52. The third-order valence-corrected chi connectivity index (χ3v) is 4.34. The highest BCUT2D eigenvalue weighted by Crippen LogP contribution is 2.34. The van der Waals surface area contributed by atoms with E-state index in [9.17, 15) is 5.11 Å². The number of aromatic hydroxyl groups is 1. The Morgan fingerprint density at radius 1 is 1.04 bits per heavy atom. The minimum atomic E-state index is -0.0678. The summed E-state index contributed by atoms with van der Waals surface area (Å²) in [7, 11) is 0. The normalized spacial score (nSPS) is 12.5. The highest BCUT2D eigenvalue weighted by Gasteiger charge is 2.20. The van der Waals surface area contributed by atoms with E-state index in [-0.39, 0.29) is 11.5 Å². The molecule has 0 aliphatic rings. The van der Waals surface area contributed by atoms with Gasteiger partial charge in [-0.3, -0.25) is 4.99 Å². The van der Waals surface area contributed by atoms with Crippen LogP contribution in [0.15, 0.2) is 17.1 Å². The van der Waals surface area contributed by atoms with Crippen LogP contribution in [0, 0.1) is 0 Å². The van der Waals surface area contributed by atoms with Crippen LogP contribution in [-0.2, 0) is 11.8 Å². The number of unbranched alkanes of at least 4 members (excludes halogenated alkanes) is 5. The van der Waals surface area contributed by atoms with Crippen molar-refractivity contribution in [2.24, 2.45) is 4.99 Å². The molecule has 0 bridgehead atoms. The molecule has 2 nitrogen and oxygen atoms in total. The zero-order valence-corrected chi connectivity index (χ0v) is 16.7. The van der Waals surface area contributed by atoms with Crippen molar-refractivity contribution in [3.8, 4) is 5.75 Å². The van der Waals surface area contributed by atoms with Crippen molar-refractivity contribution in [2.45, 2.75) is 97.9 Å². The van der Waals surface area contributed by atoms with Crippen LogP contribution in [-0.4, -0.2) is 17.4 Å². The van der Waals surface area contributed by atoms with Crippen LogP contribution in [0.5, 0.6) is 5.75 Å². The highest BCUT2D eigenvalue weighted by molar-refractivity contribution is 5.85. The van der Waals surface area contributed by atoms with Gasteiger partial charge in [-0.25, -0.2) is 0 Å². The number of phenols is 1. The maximum absolute atomic E-state index is 10.6. The smallest absolute Gasteiger partial charge is 0.128 e. The van der Waals surface area contributed by atoms with Crippen LogP contribution in [0.1, 0.15) is 96.8 Å². The van der Waals surface area contributed by atoms with Gasteiger partial charge in [0.05, 0.1) is 0 Å². The topological polar surface area (TPSA) is 32.6 Å². The number of aliphatic imine (C=N–C) groups is 1. The van der Waals surface area contributed by atoms with Crippen LogP contribution < -0.4 is 0 Å². The van der Waals surface area contributed by atoms with Crippen LogP contribution >= 0.6 is 0 Å². The predicted octanol–water partition coefficient (Wildman–Crippen LogP) is 6.42. The van der Waals surface area contributed by atoms with E-state index in [0.29, 0.717) is 5.75 Å². The lowest BCUT2D eigenvalue weighted by molar-refractivity contribution is 0.445. The molecule has 0 saturated heterocycles. The molecular weight excluding hydrogens is 294 g/mol. The van der Waals surface area contributed by atoms with Crippen molar-refractivity contribution in [2.75, 3.05) is 0 Å². The first-order valence-electron chi connectivity index (χ1n) is 9.65. The van der Waals surface area contributed by atoms with E-state index >= 15 is 0 Å². The number of rotatable bonds is 9. The first kappa shape index (κ1) is 20.7. The van der Waals surface area contributed by atoms with Crippen LogP contribution in [0.2, 0.25) is 0 Å². The molecule has 136 valence electrons. The van der Waals surface area contributed by atoms with Crippen molar-refractivity contribution in [3.05, 3.63) is 28.8 Å². The van der Waals surface area contributed by atoms with E-state index in [1.54, 1.807) is 0 Å². The molecule has 0 radical (unpaired) electrons. The molecule has 0 spiro atoms. The van der Waals surface area contributed by atoms with Crippen molar-refractivity contribution in [3.63, 3.8) is 0 Å². The molecule has 1 aromatic carbocycles. The molecule has 0 atom stereocenters. The molecule has 0 fully saturated rings. The fourth-order valence-electron chi connectivity index (χ4n) is 2.87. The van der Waals surface area contributed by atoms with Crippen LogP contribution in [0.25, 0.3) is 0 Å². The summed E-state index contributed by atoms with van der Waals surface area (Å²) in [5, 5.41) is 10.6. The highest BCUT2D eigenvalue weighted by atomic mass is 16.3. The maximum Gasteiger partial charge on any atom is 0.128 e. The number of aryl methyl sites for hydroxylation is 1. The van der Waals surface area contributed by atoms with Crippen molar-refractivity contribution < 1.29 is 5.11 Å². The molecule has 0 aliphatic carbocycles. The summed E-state index contributed by atoms with van der Waals surface area (Å²) < 4.78 is 0. The Balaban J connectivity index is 2.89. The number of benzene rings is 1. The Hall–Kier alpha value is -1.31. The standard InChI is InChI=1S/C22H37NO/c1-7-8-9-10-11-12-13-18-14-19(16-23-17(2)3)21(24)20(15-18)22(4,5)6/h14-17,24H,7-13H2,1-6H3. The lowest BCUT2D eigenvalue weighted by Crippen LogP contribution is -2.13. The SMILES string of the molecule is CCCCCCCCc1cc(C=NC(C)C)c(O)c(C(C)(C)C)c1. The van der Waals surface area contributed by atoms with E-state index < -0.39 is 0 Å². The van der Waals surface area contributed by atoms with Gasteiger partial charge < -0.3 is 5.11 Å². The zero-order valence-electron chi connectivity index (χ0n) is 16.7. The van der Waals surface area contributed by atoms with Gasteiger partial charge in [0, 0.05) is 23.4 Å². The number of hydrogen-bond donors (Lipinski definition) is 1. The second kappa shape index (κ2) is 9.86. The summed E-state index contributed by atoms with van der Waals surface area (Å²) in [6.45, 7) is 12.8. The van der Waals surface area contributed by atoms with Gasteiger partial charge in [0.1, 0.15) is 5.75 Å². The summed E-state index contributed by atoms with van der Waals surface area (Å²) >= 11 is 0. The molecule has 24 heavy (non-hydrogen) atoms. The molecule has 2 heteroatoms. The fourth-order valence-corrected chi connectivity index (χ4v) is 2.87. The van der Waals surface area contributed by atoms with Gasteiger partial charge in [-0.1, -0.05) is 65.9 Å². The van der Waals surface area contributed by atoms with E-state index in [2.05, 4.69) is 58.7 Å². The van der Waals surface area contributed by atoms with Crippen LogP contribution in [0.4, 0.5) is 0 Å². The number of hydrogen-bond acceptors (Lipinski definition) is 2. The summed E-state index contributed by atoms with van der Waals surface area (Å²) in [5.74, 6) is 0.388.